The van der Waals surface area contributed by atoms with E-state index in [1.807, 2.05) is 53.2 Å². The van der Waals surface area contributed by atoms with Crippen LogP contribution in [-0.4, -0.2) is 20.9 Å². The Morgan fingerprint density at radius 1 is 0.821 bits per heavy atom. The molecule has 0 radical (unpaired) electrons. The zero-order chi connectivity index (χ0) is 19.2. The number of aromatic nitrogens is 3. The van der Waals surface area contributed by atoms with E-state index in [1.54, 1.807) is 18.3 Å². The Balaban J connectivity index is 1.40. The Labute approximate surface area is 165 Å². The fraction of sp³-hybridized carbons (Fsp3) is 0. The van der Waals surface area contributed by atoms with Crippen LogP contribution in [0.3, 0.4) is 0 Å². The Morgan fingerprint density at radius 3 is 2.32 bits per heavy atom. The van der Waals surface area contributed by atoms with Crippen LogP contribution in [-0.2, 0) is 0 Å². The summed E-state index contributed by atoms with van der Waals surface area (Å²) in [6.07, 6.45) is 3.18. The summed E-state index contributed by atoms with van der Waals surface area (Å²) in [6, 6.07) is 16.6. The minimum Gasteiger partial charge on any atom is -0.340 e. The zero-order valence-corrected chi connectivity index (χ0v) is 15.5. The topological polar surface area (TPSA) is 91.8 Å². The molecule has 1 amide bonds. The third-order valence-corrected chi connectivity index (χ3v) is 4.47. The van der Waals surface area contributed by atoms with Gasteiger partial charge in [0, 0.05) is 29.0 Å². The van der Waals surface area contributed by atoms with Crippen molar-refractivity contribution in [2.75, 3.05) is 16.0 Å². The van der Waals surface area contributed by atoms with Crippen molar-refractivity contribution in [2.45, 2.75) is 0 Å². The molecule has 0 aliphatic rings. The summed E-state index contributed by atoms with van der Waals surface area (Å²) >= 11 is 1.49. The van der Waals surface area contributed by atoms with Gasteiger partial charge in [0.15, 0.2) is 0 Å². The molecule has 138 valence electrons. The van der Waals surface area contributed by atoms with Gasteiger partial charge in [-0.1, -0.05) is 6.07 Å². The molecule has 1 aromatic carbocycles. The van der Waals surface area contributed by atoms with E-state index in [-0.39, 0.29) is 5.91 Å². The van der Waals surface area contributed by atoms with E-state index in [9.17, 15) is 4.79 Å². The molecule has 0 unspecified atom stereocenters. The Kier molecular flexibility index (Phi) is 5.21. The second-order valence-corrected chi connectivity index (χ2v) is 6.58. The summed E-state index contributed by atoms with van der Waals surface area (Å²) in [4.78, 5) is 24.7. The molecular weight excluding hydrogens is 372 g/mol. The van der Waals surface area contributed by atoms with Crippen molar-refractivity contribution in [1.29, 1.82) is 0 Å². The summed E-state index contributed by atoms with van der Waals surface area (Å²) in [5.41, 5.74) is 2.22. The van der Waals surface area contributed by atoms with Gasteiger partial charge in [-0.2, -0.15) is 11.3 Å². The van der Waals surface area contributed by atoms with E-state index in [2.05, 4.69) is 30.9 Å². The number of nitrogens with zero attached hydrogens (tertiary/aromatic N) is 3. The first kappa shape index (κ1) is 17.6. The standard InChI is InChI=1S/C20H16N6OS/c27-20(14-8-10-28-12-14)25-16-6-4-15(5-7-16)24-18-11-19(23-13-22-18)26-17-3-1-2-9-21-17/h1-13H,(H,25,27)(H2,21,22,23,24,26). The summed E-state index contributed by atoms with van der Waals surface area (Å²) in [5, 5.41) is 12.9. The first-order chi connectivity index (χ1) is 13.8. The number of carbonyl (C=O) groups excluding carboxylic acids is 1. The maximum absolute atomic E-state index is 12.1. The van der Waals surface area contributed by atoms with Gasteiger partial charge in [0.2, 0.25) is 0 Å². The van der Waals surface area contributed by atoms with Crippen LogP contribution in [0.25, 0.3) is 0 Å². The maximum atomic E-state index is 12.1. The molecule has 28 heavy (non-hydrogen) atoms. The molecule has 0 fully saturated rings. The fourth-order valence-corrected chi connectivity index (χ4v) is 3.08. The quantitative estimate of drug-likeness (QED) is 0.444. The number of rotatable bonds is 6. The fourth-order valence-electron chi connectivity index (χ4n) is 2.44. The summed E-state index contributed by atoms with van der Waals surface area (Å²) in [7, 11) is 0. The highest BCUT2D eigenvalue weighted by molar-refractivity contribution is 7.08. The molecule has 0 aliphatic carbocycles. The largest absolute Gasteiger partial charge is 0.340 e. The number of thiophene rings is 1. The molecule has 0 spiro atoms. The van der Waals surface area contributed by atoms with Gasteiger partial charge in [0.1, 0.15) is 23.8 Å². The van der Waals surface area contributed by atoms with E-state index in [1.165, 1.54) is 17.7 Å². The Morgan fingerprint density at radius 2 is 1.61 bits per heavy atom. The van der Waals surface area contributed by atoms with Crippen molar-refractivity contribution in [3.8, 4) is 0 Å². The van der Waals surface area contributed by atoms with Gasteiger partial charge in [-0.15, -0.1) is 0 Å². The lowest BCUT2D eigenvalue weighted by Crippen LogP contribution is -2.10. The number of carbonyl (C=O) groups is 1. The lowest BCUT2D eigenvalue weighted by atomic mass is 10.2. The number of hydrogen-bond donors (Lipinski definition) is 3. The highest BCUT2D eigenvalue weighted by Gasteiger charge is 2.06. The predicted molar refractivity (Wildman–Crippen MR) is 112 cm³/mol. The summed E-state index contributed by atoms with van der Waals surface area (Å²) < 4.78 is 0. The molecule has 8 heteroatoms. The third-order valence-electron chi connectivity index (χ3n) is 3.79. The molecule has 7 nitrogen and oxygen atoms in total. The van der Waals surface area contributed by atoms with Crippen molar-refractivity contribution in [1.82, 2.24) is 15.0 Å². The van der Waals surface area contributed by atoms with Crippen LogP contribution in [0.4, 0.5) is 28.8 Å². The molecule has 0 saturated carbocycles. The molecule has 0 atom stereocenters. The lowest BCUT2D eigenvalue weighted by molar-refractivity contribution is 0.102. The first-order valence-corrected chi connectivity index (χ1v) is 9.41. The van der Waals surface area contributed by atoms with Crippen molar-refractivity contribution in [2.24, 2.45) is 0 Å². The van der Waals surface area contributed by atoms with Crippen LogP contribution < -0.4 is 16.0 Å². The minimum absolute atomic E-state index is 0.122. The maximum Gasteiger partial charge on any atom is 0.256 e. The number of hydrogen-bond acceptors (Lipinski definition) is 7. The second kappa shape index (κ2) is 8.28. The van der Waals surface area contributed by atoms with Crippen LogP contribution in [0.15, 0.2) is 77.9 Å². The van der Waals surface area contributed by atoms with E-state index < -0.39 is 0 Å². The Hall–Kier alpha value is -3.78. The highest BCUT2D eigenvalue weighted by Crippen LogP contribution is 2.20. The normalized spacial score (nSPS) is 10.3. The average molecular weight is 388 g/mol. The predicted octanol–water partition coefficient (Wildman–Crippen LogP) is 4.67. The molecule has 3 heterocycles. The molecule has 0 bridgehead atoms. The van der Waals surface area contributed by atoms with Crippen molar-refractivity contribution in [3.05, 3.63) is 83.4 Å². The lowest BCUT2D eigenvalue weighted by Gasteiger charge is -2.09. The monoisotopic (exact) mass is 388 g/mol. The first-order valence-electron chi connectivity index (χ1n) is 8.47. The summed E-state index contributed by atoms with van der Waals surface area (Å²) in [5.74, 6) is 1.86. The van der Waals surface area contributed by atoms with Crippen molar-refractivity contribution in [3.63, 3.8) is 0 Å². The van der Waals surface area contributed by atoms with Gasteiger partial charge < -0.3 is 16.0 Å². The second-order valence-electron chi connectivity index (χ2n) is 5.80. The number of anilines is 5. The third kappa shape index (κ3) is 4.49. The van der Waals surface area contributed by atoms with Gasteiger partial charge in [-0.3, -0.25) is 4.79 Å². The van der Waals surface area contributed by atoms with Gasteiger partial charge in [-0.25, -0.2) is 15.0 Å². The molecule has 4 rings (SSSR count). The van der Waals surface area contributed by atoms with Gasteiger partial charge in [-0.05, 0) is 47.8 Å². The van der Waals surface area contributed by atoms with Gasteiger partial charge in [0.05, 0.1) is 5.56 Å². The number of nitrogens with one attached hydrogen (secondary N) is 3. The van der Waals surface area contributed by atoms with Crippen molar-refractivity contribution >= 4 is 46.1 Å². The molecule has 0 aliphatic heterocycles. The van der Waals surface area contributed by atoms with Crippen LogP contribution >= 0.6 is 11.3 Å². The van der Waals surface area contributed by atoms with Crippen LogP contribution in [0.2, 0.25) is 0 Å². The molecule has 3 N–H and O–H groups in total. The number of benzene rings is 1. The number of pyridine rings is 1. The van der Waals surface area contributed by atoms with Crippen molar-refractivity contribution < 1.29 is 4.79 Å². The van der Waals surface area contributed by atoms with E-state index in [0.29, 0.717) is 23.0 Å². The molecule has 4 aromatic rings. The highest BCUT2D eigenvalue weighted by atomic mass is 32.1. The zero-order valence-electron chi connectivity index (χ0n) is 14.7. The SMILES string of the molecule is O=C(Nc1ccc(Nc2cc(Nc3ccccn3)ncn2)cc1)c1ccsc1. The number of amides is 1. The van der Waals surface area contributed by atoms with E-state index >= 15 is 0 Å². The van der Waals surface area contributed by atoms with Crippen LogP contribution in [0.1, 0.15) is 10.4 Å². The minimum atomic E-state index is -0.122. The van der Waals surface area contributed by atoms with Crippen LogP contribution in [0, 0.1) is 0 Å². The molecule has 0 saturated heterocycles. The summed E-state index contributed by atoms with van der Waals surface area (Å²) in [6.45, 7) is 0. The average Bonchev–Trinajstić information content (AvgIpc) is 3.26. The van der Waals surface area contributed by atoms with Crippen LogP contribution in [0.5, 0.6) is 0 Å². The smallest absolute Gasteiger partial charge is 0.256 e. The van der Waals surface area contributed by atoms with E-state index in [0.717, 1.165) is 11.4 Å². The van der Waals surface area contributed by atoms with Gasteiger partial charge >= 0.3 is 0 Å². The Bertz CT molecular complexity index is 1050. The molecule has 3 aromatic heterocycles. The van der Waals surface area contributed by atoms with E-state index in [4.69, 9.17) is 0 Å². The molecular formula is C20H16N6OS. The van der Waals surface area contributed by atoms with Gasteiger partial charge in [0.25, 0.3) is 5.91 Å².